The Morgan fingerprint density at radius 1 is 0.952 bits per heavy atom. The molecule has 2 spiro atoms. The fourth-order valence-corrected chi connectivity index (χ4v) is 5.46. The van der Waals surface area contributed by atoms with Gasteiger partial charge in [-0.15, -0.1) is 0 Å². The van der Waals surface area contributed by atoms with E-state index < -0.39 is 0 Å². The van der Waals surface area contributed by atoms with Gasteiger partial charge in [0.2, 0.25) is 0 Å². The van der Waals surface area contributed by atoms with Crippen LogP contribution in [0.4, 0.5) is 0 Å². The van der Waals surface area contributed by atoms with E-state index in [1.165, 1.54) is 83.8 Å². The van der Waals surface area contributed by atoms with Crippen LogP contribution < -0.4 is 5.32 Å². The molecule has 2 heterocycles. The Hall–Kier alpha value is -0.120. The highest BCUT2D eigenvalue weighted by molar-refractivity contribution is 5.08. The zero-order valence-electron chi connectivity index (χ0n) is 13.5. The number of nitrogens with zero attached hydrogens (tertiary/aromatic N) is 1. The highest BCUT2D eigenvalue weighted by Crippen LogP contribution is 2.43. The monoisotopic (exact) mass is 292 g/mol. The van der Waals surface area contributed by atoms with Gasteiger partial charge in [-0.3, -0.25) is 4.90 Å². The maximum Gasteiger partial charge on any atom is 0.0469 e. The fraction of sp³-hybridized carbons (Fsp3) is 1.00. The van der Waals surface area contributed by atoms with Crippen molar-refractivity contribution >= 4 is 0 Å². The molecule has 4 rings (SSSR count). The van der Waals surface area contributed by atoms with E-state index in [4.69, 9.17) is 4.74 Å². The van der Waals surface area contributed by atoms with Crippen molar-refractivity contribution in [2.45, 2.75) is 75.3 Å². The third kappa shape index (κ3) is 2.77. The number of hydrogen-bond acceptors (Lipinski definition) is 3. The molecule has 0 aromatic heterocycles. The van der Waals surface area contributed by atoms with Crippen LogP contribution >= 0.6 is 0 Å². The molecule has 2 saturated carbocycles. The zero-order chi connectivity index (χ0) is 14.2. The van der Waals surface area contributed by atoms with Gasteiger partial charge in [-0.1, -0.05) is 25.7 Å². The molecule has 21 heavy (non-hydrogen) atoms. The minimum absolute atomic E-state index is 0.471. The topological polar surface area (TPSA) is 24.5 Å². The summed E-state index contributed by atoms with van der Waals surface area (Å²) in [5, 5.41) is 4.03. The molecule has 0 amide bonds. The number of nitrogens with one attached hydrogen (secondary N) is 1. The lowest BCUT2D eigenvalue weighted by Gasteiger charge is -2.53. The van der Waals surface area contributed by atoms with E-state index in [2.05, 4.69) is 10.2 Å². The van der Waals surface area contributed by atoms with Gasteiger partial charge < -0.3 is 10.1 Å². The van der Waals surface area contributed by atoms with Gasteiger partial charge in [-0.05, 0) is 44.4 Å². The number of ether oxygens (including phenoxy) is 1. The van der Waals surface area contributed by atoms with E-state index in [1.807, 2.05) is 0 Å². The standard InChI is InChI=1S/C18H32N2O/c1-2-8-17(7-1)15-20(13-16-5-11-21-12-6-16)18(14-19-17)9-3-4-10-18/h16,19H,1-15H2. The molecular formula is C18H32N2O. The van der Waals surface area contributed by atoms with Crippen molar-refractivity contribution < 1.29 is 4.74 Å². The summed E-state index contributed by atoms with van der Waals surface area (Å²) in [6.45, 7) is 5.91. The molecule has 0 aromatic carbocycles. The molecule has 0 bridgehead atoms. The Morgan fingerprint density at radius 3 is 2.33 bits per heavy atom. The van der Waals surface area contributed by atoms with E-state index >= 15 is 0 Å². The molecule has 0 aromatic rings. The van der Waals surface area contributed by atoms with Gasteiger partial charge in [-0.2, -0.15) is 0 Å². The lowest BCUT2D eigenvalue weighted by Crippen LogP contribution is -2.69. The van der Waals surface area contributed by atoms with E-state index in [9.17, 15) is 0 Å². The van der Waals surface area contributed by atoms with Gasteiger partial charge in [-0.25, -0.2) is 0 Å². The number of rotatable bonds is 2. The summed E-state index contributed by atoms with van der Waals surface area (Å²) in [7, 11) is 0. The Kier molecular flexibility index (Phi) is 4.01. The predicted octanol–water partition coefficient (Wildman–Crippen LogP) is 2.94. The molecule has 0 radical (unpaired) electrons. The van der Waals surface area contributed by atoms with E-state index in [0.717, 1.165) is 19.1 Å². The van der Waals surface area contributed by atoms with Crippen LogP contribution in [-0.4, -0.2) is 48.8 Å². The normalized spacial score (nSPS) is 33.1. The van der Waals surface area contributed by atoms with Crippen LogP contribution in [0.3, 0.4) is 0 Å². The van der Waals surface area contributed by atoms with Crippen LogP contribution in [0.15, 0.2) is 0 Å². The van der Waals surface area contributed by atoms with Crippen molar-refractivity contribution in [3.63, 3.8) is 0 Å². The molecule has 4 fully saturated rings. The molecule has 120 valence electrons. The second-order valence-corrected chi connectivity index (χ2v) is 8.21. The average Bonchev–Trinajstić information content (AvgIpc) is 3.15. The summed E-state index contributed by atoms with van der Waals surface area (Å²) in [4.78, 5) is 2.96. The van der Waals surface area contributed by atoms with Crippen molar-refractivity contribution in [3.8, 4) is 0 Å². The minimum atomic E-state index is 0.471. The predicted molar refractivity (Wildman–Crippen MR) is 85.5 cm³/mol. The zero-order valence-corrected chi connectivity index (χ0v) is 13.5. The van der Waals surface area contributed by atoms with Crippen molar-refractivity contribution in [3.05, 3.63) is 0 Å². The average molecular weight is 292 g/mol. The van der Waals surface area contributed by atoms with E-state index in [1.54, 1.807) is 0 Å². The van der Waals surface area contributed by atoms with Crippen molar-refractivity contribution in [1.82, 2.24) is 10.2 Å². The van der Waals surface area contributed by atoms with Crippen molar-refractivity contribution in [2.75, 3.05) is 32.8 Å². The Balaban J connectivity index is 1.49. The van der Waals surface area contributed by atoms with Crippen molar-refractivity contribution in [2.24, 2.45) is 5.92 Å². The second-order valence-electron chi connectivity index (χ2n) is 8.21. The fourth-order valence-electron chi connectivity index (χ4n) is 5.46. The van der Waals surface area contributed by atoms with Crippen LogP contribution in [0.2, 0.25) is 0 Å². The lowest BCUT2D eigenvalue weighted by molar-refractivity contribution is -0.0202. The maximum atomic E-state index is 5.57. The summed E-state index contributed by atoms with van der Waals surface area (Å²) in [5.74, 6) is 0.882. The summed E-state index contributed by atoms with van der Waals surface area (Å²) < 4.78 is 5.57. The van der Waals surface area contributed by atoms with Crippen LogP contribution in [-0.2, 0) is 4.74 Å². The van der Waals surface area contributed by atoms with Crippen LogP contribution in [0.25, 0.3) is 0 Å². The number of piperazine rings is 1. The van der Waals surface area contributed by atoms with Crippen LogP contribution in [0.1, 0.15) is 64.2 Å². The molecule has 3 heteroatoms. The highest BCUT2D eigenvalue weighted by atomic mass is 16.5. The van der Waals surface area contributed by atoms with Gasteiger partial charge >= 0.3 is 0 Å². The molecule has 2 aliphatic carbocycles. The molecule has 2 aliphatic heterocycles. The van der Waals surface area contributed by atoms with Crippen LogP contribution in [0.5, 0.6) is 0 Å². The molecule has 1 N–H and O–H groups in total. The molecule has 0 unspecified atom stereocenters. The lowest BCUT2D eigenvalue weighted by atomic mass is 9.83. The summed E-state index contributed by atoms with van der Waals surface area (Å²) in [6.07, 6.45) is 14.0. The maximum absolute atomic E-state index is 5.57. The third-order valence-corrected chi connectivity index (χ3v) is 6.87. The second kappa shape index (κ2) is 5.82. The summed E-state index contributed by atoms with van der Waals surface area (Å²) in [6, 6.07) is 0. The largest absolute Gasteiger partial charge is 0.381 e. The summed E-state index contributed by atoms with van der Waals surface area (Å²) >= 11 is 0. The Labute approximate surface area is 129 Å². The van der Waals surface area contributed by atoms with Gasteiger partial charge in [0, 0.05) is 43.9 Å². The third-order valence-electron chi connectivity index (χ3n) is 6.87. The van der Waals surface area contributed by atoms with Gasteiger partial charge in [0.25, 0.3) is 0 Å². The Morgan fingerprint density at radius 2 is 1.62 bits per heavy atom. The first kappa shape index (κ1) is 14.5. The molecular weight excluding hydrogens is 260 g/mol. The quantitative estimate of drug-likeness (QED) is 0.847. The van der Waals surface area contributed by atoms with Crippen molar-refractivity contribution in [1.29, 1.82) is 0 Å². The molecule has 0 atom stereocenters. The SMILES string of the molecule is C1CCC2(C1)CN(CC1CCOCC1)C1(CCCC1)CN2. The first-order chi connectivity index (χ1) is 10.3. The minimum Gasteiger partial charge on any atom is -0.381 e. The molecule has 4 aliphatic rings. The molecule has 3 nitrogen and oxygen atoms in total. The first-order valence-corrected chi connectivity index (χ1v) is 9.38. The van der Waals surface area contributed by atoms with E-state index in [-0.39, 0.29) is 0 Å². The van der Waals surface area contributed by atoms with Gasteiger partial charge in [0.05, 0.1) is 0 Å². The molecule has 2 saturated heterocycles. The van der Waals surface area contributed by atoms with Gasteiger partial charge in [0.1, 0.15) is 0 Å². The highest BCUT2D eigenvalue weighted by Gasteiger charge is 2.49. The van der Waals surface area contributed by atoms with Gasteiger partial charge in [0.15, 0.2) is 0 Å². The van der Waals surface area contributed by atoms with E-state index in [0.29, 0.717) is 11.1 Å². The van der Waals surface area contributed by atoms with Crippen LogP contribution in [0, 0.1) is 5.92 Å². The number of hydrogen-bond donors (Lipinski definition) is 1. The smallest absolute Gasteiger partial charge is 0.0469 e. The Bertz CT molecular complexity index is 352. The first-order valence-electron chi connectivity index (χ1n) is 9.38. The summed E-state index contributed by atoms with van der Waals surface area (Å²) in [5.41, 5.74) is 0.977.